The van der Waals surface area contributed by atoms with Gasteiger partial charge in [-0.05, 0) is 44.4 Å². The lowest BCUT2D eigenvalue weighted by Gasteiger charge is -2.29. The van der Waals surface area contributed by atoms with Gasteiger partial charge in [0.15, 0.2) is 0 Å². The topological polar surface area (TPSA) is 41.6 Å². The number of carbonyl (C=O) groups excluding carboxylic acids is 1. The zero-order chi connectivity index (χ0) is 13.7. The lowest BCUT2D eigenvalue weighted by atomic mass is 10.1. The smallest absolute Gasteiger partial charge is 0.411 e. The van der Waals surface area contributed by atoms with Crippen LogP contribution in [0.2, 0.25) is 5.02 Å². The van der Waals surface area contributed by atoms with Crippen LogP contribution >= 0.6 is 11.6 Å². The molecule has 104 valence electrons. The van der Waals surface area contributed by atoms with Crippen LogP contribution in [-0.4, -0.2) is 25.8 Å². The van der Waals surface area contributed by atoms with E-state index in [2.05, 4.69) is 10.2 Å². The summed E-state index contributed by atoms with van der Waals surface area (Å²) in [4.78, 5) is 13.8. The third-order valence-corrected chi connectivity index (χ3v) is 3.51. The number of carbonyl (C=O) groups is 1. The molecule has 0 radical (unpaired) electrons. The average molecular weight is 283 g/mol. The van der Waals surface area contributed by atoms with Crippen LogP contribution in [0.3, 0.4) is 0 Å². The minimum Gasteiger partial charge on any atom is -0.450 e. The number of nitrogens with zero attached hydrogens (tertiary/aromatic N) is 1. The van der Waals surface area contributed by atoms with Crippen LogP contribution in [0.15, 0.2) is 18.2 Å². The van der Waals surface area contributed by atoms with Gasteiger partial charge in [0.1, 0.15) is 0 Å². The molecule has 0 atom stereocenters. The molecule has 1 aromatic rings. The van der Waals surface area contributed by atoms with Crippen molar-refractivity contribution in [2.24, 2.45) is 0 Å². The average Bonchev–Trinajstić information content (AvgIpc) is 2.42. The molecule has 5 heteroatoms. The van der Waals surface area contributed by atoms with Crippen molar-refractivity contribution in [2.45, 2.75) is 26.2 Å². The largest absolute Gasteiger partial charge is 0.450 e. The quantitative estimate of drug-likeness (QED) is 0.914. The van der Waals surface area contributed by atoms with Gasteiger partial charge in [-0.15, -0.1) is 0 Å². The number of hydrogen-bond donors (Lipinski definition) is 1. The first-order valence-electron chi connectivity index (χ1n) is 6.69. The van der Waals surface area contributed by atoms with Crippen LogP contribution in [0, 0.1) is 0 Å². The maximum absolute atomic E-state index is 11.4. The second-order valence-electron chi connectivity index (χ2n) is 4.56. The Morgan fingerprint density at radius 1 is 1.37 bits per heavy atom. The van der Waals surface area contributed by atoms with Gasteiger partial charge < -0.3 is 9.64 Å². The van der Waals surface area contributed by atoms with Crippen molar-refractivity contribution in [1.82, 2.24) is 0 Å². The van der Waals surface area contributed by atoms with E-state index in [1.165, 1.54) is 19.3 Å². The van der Waals surface area contributed by atoms with Gasteiger partial charge in [-0.1, -0.05) is 11.6 Å². The summed E-state index contributed by atoms with van der Waals surface area (Å²) in [5, 5.41) is 3.19. The Morgan fingerprint density at radius 3 is 2.79 bits per heavy atom. The fourth-order valence-electron chi connectivity index (χ4n) is 2.23. The highest BCUT2D eigenvalue weighted by Crippen LogP contribution is 2.29. The normalized spacial score (nSPS) is 15.2. The minimum atomic E-state index is -0.472. The zero-order valence-electron chi connectivity index (χ0n) is 11.1. The van der Waals surface area contributed by atoms with E-state index in [9.17, 15) is 4.79 Å². The first-order valence-corrected chi connectivity index (χ1v) is 7.07. The van der Waals surface area contributed by atoms with Gasteiger partial charge in [0.25, 0.3) is 0 Å². The van der Waals surface area contributed by atoms with Crippen molar-refractivity contribution < 1.29 is 9.53 Å². The van der Waals surface area contributed by atoms with Crippen molar-refractivity contribution in [1.29, 1.82) is 0 Å². The van der Waals surface area contributed by atoms with E-state index in [1.807, 2.05) is 18.2 Å². The van der Waals surface area contributed by atoms with Gasteiger partial charge in [-0.2, -0.15) is 0 Å². The Balaban J connectivity index is 2.11. The van der Waals surface area contributed by atoms with Crippen molar-refractivity contribution in [3.05, 3.63) is 23.2 Å². The highest BCUT2D eigenvalue weighted by Gasteiger charge is 2.13. The maximum atomic E-state index is 11.4. The molecule has 4 nitrogen and oxygen atoms in total. The summed E-state index contributed by atoms with van der Waals surface area (Å²) in [6.45, 7) is 4.22. The van der Waals surface area contributed by atoms with Gasteiger partial charge in [0, 0.05) is 18.8 Å². The summed E-state index contributed by atoms with van der Waals surface area (Å²) < 4.78 is 4.86. The predicted octanol–water partition coefficient (Wildman–Crippen LogP) is 3.90. The van der Waals surface area contributed by atoms with Crippen molar-refractivity contribution in [3.8, 4) is 0 Å². The molecule has 1 aliphatic rings. The third-order valence-electron chi connectivity index (χ3n) is 3.18. The molecule has 0 unspecified atom stereocenters. The number of hydrogen-bond acceptors (Lipinski definition) is 3. The number of amides is 1. The summed E-state index contributed by atoms with van der Waals surface area (Å²) in [6.07, 6.45) is 3.24. The van der Waals surface area contributed by atoms with E-state index in [0.717, 1.165) is 18.8 Å². The number of anilines is 2. The van der Waals surface area contributed by atoms with E-state index in [1.54, 1.807) is 6.92 Å². The Kier molecular flexibility index (Phi) is 4.91. The number of halogens is 1. The molecule has 1 amide bonds. The van der Waals surface area contributed by atoms with Gasteiger partial charge in [-0.3, -0.25) is 5.32 Å². The van der Waals surface area contributed by atoms with E-state index < -0.39 is 6.09 Å². The molecule has 0 bridgehead atoms. The summed E-state index contributed by atoms with van der Waals surface area (Å²) in [5.41, 5.74) is 1.69. The van der Waals surface area contributed by atoms with E-state index >= 15 is 0 Å². The van der Waals surface area contributed by atoms with Crippen LogP contribution in [-0.2, 0) is 4.74 Å². The van der Waals surface area contributed by atoms with Gasteiger partial charge >= 0.3 is 6.09 Å². The lowest BCUT2D eigenvalue weighted by molar-refractivity contribution is 0.168. The molecule has 0 saturated carbocycles. The summed E-state index contributed by atoms with van der Waals surface area (Å²) in [5.74, 6) is 0. The Bertz CT molecular complexity index is 445. The van der Waals surface area contributed by atoms with Gasteiger partial charge in [0.2, 0.25) is 0 Å². The van der Waals surface area contributed by atoms with Gasteiger partial charge in [0.05, 0.1) is 17.3 Å². The standard InChI is InChI=1S/C14H19ClN2O2/c1-2-19-14(18)16-13-10-11(6-7-12(13)15)17-8-4-3-5-9-17/h6-7,10H,2-5,8-9H2,1H3,(H,16,18). The second-order valence-corrected chi connectivity index (χ2v) is 4.96. The predicted molar refractivity (Wildman–Crippen MR) is 78.2 cm³/mol. The fourth-order valence-corrected chi connectivity index (χ4v) is 2.40. The summed E-state index contributed by atoms with van der Waals surface area (Å²) in [7, 11) is 0. The van der Waals surface area contributed by atoms with Crippen molar-refractivity contribution in [3.63, 3.8) is 0 Å². The fraction of sp³-hybridized carbons (Fsp3) is 0.500. The van der Waals surface area contributed by atoms with Crippen LogP contribution in [0.4, 0.5) is 16.2 Å². The summed E-state index contributed by atoms with van der Waals surface area (Å²) >= 11 is 6.09. The minimum absolute atomic E-state index is 0.343. The Morgan fingerprint density at radius 2 is 2.11 bits per heavy atom. The highest BCUT2D eigenvalue weighted by atomic mass is 35.5. The molecule has 0 aliphatic carbocycles. The molecule has 2 rings (SSSR count). The lowest BCUT2D eigenvalue weighted by Crippen LogP contribution is -2.29. The molecular formula is C14H19ClN2O2. The molecule has 1 fully saturated rings. The van der Waals surface area contributed by atoms with Crippen LogP contribution in [0.5, 0.6) is 0 Å². The molecule has 1 aliphatic heterocycles. The van der Waals surface area contributed by atoms with E-state index in [4.69, 9.17) is 16.3 Å². The zero-order valence-corrected chi connectivity index (χ0v) is 11.9. The molecular weight excluding hydrogens is 264 g/mol. The Hall–Kier alpha value is -1.42. The monoisotopic (exact) mass is 282 g/mol. The van der Waals surface area contributed by atoms with Crippen LogP contribution in [0.1, 0.15) is 26.2 Å². The summed E-state index contributed by atoms with van der Waals surface area (Å²) in [6, 6.07) is 5.71. The maximum Gasteiger partial charge on any atom is 0.411 e. The van der Waals surface area contributed by atoms with E-state index in [-0.39, 0.29) is 0 Å². The number of rotatable bonds is 3. The molecule has 1 saturated heterocycles. The molecule has 1 N–H and O–H groups in total. The number of piperidine rings is 1. The molecule has 1 aromatic carbocycles. The number of nitrogens with one attached hydrogen (secondary N) is 1. The van der Waals surface area contributed by atoms with Crippen molar-refractivity contribution in [2.75, 3.05) is 29.9 Å². The SMILES string of the molecule is CCOC(=O)Nc1cc(N2CCCCC2)ccc1Cl. The first kappa shape index (κ1) is 14.0. The molecule has 1 heterocycles. The first-order chi connectivity index (χ1) is 9.20. The molecule has 0 aromatic heterocycles. The van der Waals surface area contributed by atoms with Crippen molar-refractivity contribution >= 4 is 29.1 Å². The second kappa shape index (κ2) is 6.66. The van der Waals surface area contributed by atoms with E-state index in [0.29, 0.717) is 17.3 Å². The third kappa shape index (κ3) is 3.77. The van der Waals surface area contributed by atoms with Gasteiger partial charge in [-0.25, -0.2) is 4.79 Å². The Labute approximate surface area is 118 Å². The molecule has 19 heavy (non-hydrogen) atoms. The highest BCUT2D eigenvalue weighted by molar-refractivity contribution is 6.33. The van der Waals surface area contributed by atoms with Crippen LogP contribution in [0.25, 0.3) is 0 Å². The van der Waals surface area contributed by atoms with Crippen LogP contribution < -0.4 is 10.2 Å². The number of benzene rings is 1. The molecule has 0 spiro atoms. The number of ether oxygens (including phenoxy) is 1.